The van der Waals surface area contributed by atoms with Crippen molar-refractivity contribution in [2.24, 2.45) is 0 Å². The predicted molar refractivity (Wildman–Crippen MR) is 90.4 cm³/mol. The topological polar surface area (TPSA) is 50.4 Å². The molecule has 0 bridgehead atoms. The van der Waals surface area contributed by atoms with Gasteiger partial charge < -0.3 is 15.4 Å². The zero-order chi connectivity index (χ0) is 16.5. The molecule has 0 aromatic heterocycles. The Morgan fingerprint density at radius 1 is 1.04 bits per heavy atom. The number of nitrogens with one attached hydrogen (secondary N) is 2. The number of halogens is 1. The van der Waals surface area contributed by atoms with E-state index in [-0.39, 0.29) is 18.3 Å². The first-order valence-electron chi connectivity index (χ1n) is 7.69. The molecule has 2 rings (SSSR count). The lowest BCUT2D eigenvalue weighted by atomic mass is 10.3. The summed E-state index contributed by atoms with van der Waals surface area (Å²) in [6, 6.07) is 13.1. The SMILES string of the molecule is CCCCOc1ccc(NCC(=O)Nc2ccc(F)cc2)cc1. The fourth-order valence-electron chi connectivity index (χ4n) is 1.92. The smallest absolute Gasteiger partial charge is 0.243 e. The normalized spacial score (nSPS) is 10.2. The van der Waals surface area contributed by atoms with Gasteiger partial charge in [0.25, 0.3) is 0 Å². The molecule has 2 aromatic rings. The Bertz CT molecular complexity index is 612. The van der Waals surface area contributed by atoms with Crippen LogP contribution in [0.2, 0.25) is 0 Å². The number of anilines is 2. The van der Waals surface area contributed by atoms with Gasteiger partial charge >= 0.3 is 0 Å². The van der Waals surface area contributed by atoms with Gasteiger partial charge in [-0.15, -0.1) is 0 Å². The minimum atomic E-state index is -0.331. The van der Waals surface area contributed by atoms with Crippen molar-refractivity contribution in [1.29, 1.82) is 0 Å². The maximum Gasteiger partial charge on any atom is 0.243 e. The van der Waals surface area contributed by atoms with E-state index in [1.165, 1.54) is 24.3 Å². The van der Waals surface area contributed by atoms with Gasteiger partial charge in [0.1, 0.15) is 11.6 Å². The first kappa shape index (κ1) is 16.8. The third-order valence-corrected chi connectivity index (χ3v) is 3.20. The lowest BCUT2D eigenvalue weighted by Gasteiger charge is -2.09. The number of carbonyl (C=O) groups excluding carboxylic acids is 1. The first-order valence-corrected chi connectivity index (χ1v) is 7.69. The molecule has 0 aliphatic carbocycles. The molecule has 2 N–H and O–H groups in total. The molecule has 0 spiro atoms. The van der Waals surface area contributed by atoms with Crippen molar-refractivity contribution in [3.63, 3.8) is 0 Å². The van der Waals surface area contributed by atoms with E-state index < -0.39 is 0 Å². The quantitative estimate of drug-likeness (QED) is 0.722. The van der Waals surface area contributed by atoms with E-state index in [0.29, 0.717) is 12.3 Å². The summed E-state index contributed by atoms with van der Waals surface area (Å²) in [4.78, 5) is 11.8. The number of unbranched alkanes of at least 4 members (excludes halogenated alkanes) is 1. The van der Waals surface area contributed by atoms with Crippen molar-refractivity contribution in [3.8, 4) is 5.75 Å². The zero-order valence-corrected chi connectivity index (χ0v) is 13.1. The highest BCUT2D eigenvalue weighted by atomic mass is 19.1. The molecule has 122 valence electrons. The van der Waals surface area contributed by atoms with Gasteiger partial charge in [-0.1, -0.05) is 13.3 Å². The number of benzene rings is 2. The fraction of sp³-hybridized carbons (Fsp3) is 0.278. The van der Waals surface area contributed by atoms with Crippen molar-refractivity contribution in [2.45, 2.75) is 19.8 Å². The van der Waals surface area contributed by atoms with Crippen molar-refractivity contribution < 1.29 is 13.9 Å². The Hall–Kier alpha value is -2.56. The summed E-state index contributed by atoms with van der Waals surface area (Å²) in [6.07, 6.45) is 2.13. The van der Waals surface area contributed by atoms with Gasteiger partial charge in [-0.05, 0) is 55.0 Å². The van der Waals surface area contributed by atoms with Gasteiger partial charge in [0.15, 0.2) is 0 Å². The molecule has 4 nitrogen and oxygen atoms in total. The van der Waals surface area contributed by atoms with Crippen LogP contribution in [-0.2, 0) is 4.79 Å². The second-order valence-corrected chi connectivity index (χ2v) is 5.14. The highest BCUT2D eigenvalue weighted by Crippen LogP contribution is 2.16. The molecule has 0 atom stereocenters. The molecule has 0 saturated heterocycles. The molecule has 1 amide bonds. The molecule has 23 heavy (non-hydrogen) atoms. The Morgan fingerprint density at radius 3 is 2.35 bits per heavy atom. The van der Waals surface area contributed by atoms with Gasteiger partial charge in [0.05, 0.1) is 13.2 Å². The van der Waals surface area contributed by atoms with E-state index in [2.05, 4.69) is 17.6 Å². The Morgan fingerprint density at radius 2 is 1.70 bits per heavy atom. The number of ether oxygens (including phenoxy) is 1. The summed E-state index contributed by atoms with van der Waals surface area (Å²) in [7, 11) is 0. The van der Waals surface area contributed by atoms with Gasteiger partial charge in [-0.2, -0.15) is 0 Å². The second-order valence-electron chi connectivity index (χ2n) is 5.14. The average molecular weight is 316 g/mol. The number of hydrogen-bond acceptors (Lipinski definition) is 3. The molecule has 0 saturated carbocycles. The van der Waals surface area contributed by atoms with Gasteiger partial charge in [-0.25, -0.2) is 4.39 Å². The van der Waals surface area contributed by atoms with Crippen LogP contribution in [0.25, 0.3) is 0 Å². The van der Waals surface area contributed by atoms with E-state index in [1.54, 1.807) is 0 Å². The second kappa shape index (κ2) is 8.78. The Labute approximate surface area is 135 Å². The van der Waals surface area contributed by atoms with Crippen LogP contribution < -0.4 is 15.4 Å². The van der Waals surface area contributed by atoms with E-state index >= 15 is 0 Å². The van der Waals surface area contributed by atoms with Crippen LogP contribution in [0.1, 0.15) is 19.8 Å². The highest BCUT2D eigenvalue weighted by molar-refractivity contribution is 5.93. The van der Waals surface area contributed by atoms with Crippen LogP contribution in [-0.4, -0.2) is 19.1 Å². The molecule has 0 heterocycles. The van der Waals surface area contributed by atoms with Crippen LogP contribution in [0.5, 0.6) is 5.75 Å². The standard InChI is InChI=1S/C18H21FN2O2/c1-2-3-12-23-17-10-8-15(9-11-17)20-13-18(22)21-16-6-4-14(19)5-7-16/h4-11,20H,2-3,12-13H2,1H3,(H,21,22). The number of hydrogen-bond donors (Lipinski definition) is 2. The summed E-state index contributed by atoms with van der Waals surface area (Å²) < 4.78 is 18.4. The number of amides is 1. The molecule has 0 aliphatic rings. The molecule has 0 radical (unpaired) electrons. The molecule has 0 aliphatic heterocycles. The largest absolute Gasteiger partial charge is 0.494 e. The summed E-state index contributed by atoms with van der Waals surface area (Å²) in [5.41, 5.74) is 1.40. The van der Waals surface area contributed by atoms with Crippen LogP contribution in [0.3, 0.4) is 0 Å². The predicted octanol–water partition coefficient (Wildman–Crippen LogP) is 4.06. The van der Waals surface area contributed by atoms with Gasteiger partial charge in [-0.3, -0.25) is 4.79 Å². The summed E-state index contributed by atoms with van der Waals surface area (Å²) in [5, 5.41) is 5.72. The lowest BCUT2D eigenvalue weighted by molar-refractivity contribution is -0.114. The fourth-order valence-corrected chi connectivity index (χ4v) is 1.92. The van der Waals surface area contributed by atoms with Gasteiger partial charge in [0, 0.05) is 11.4 Å². The van der Waals surface area contributed by atoms with E-state index in [4.69, 9.17) is 4.74 Å². The van der Waals surface area contributed by atoms with Crippen LogP contribution in [0.4, 0.5) is 15.8 Å². The van der Waals surface area contributed by atoms with Crippen LogP contribution >= 0.6 is 0 Å². The molecular weight excluding hydrogens is 295 g/mol. The van der Waals surface area contributed by atoms with Crippen molar-refractivity contribution in [2.75, 3.05) is 23.8 Å². The van der Waals surface area contributed by atoms with Crippen molar-refractivity contribution in [3.05, 3.63) is 54.3 Å². The number of carbonyl (C=O) groups is 1. The van der Waals surface area contributed by atoms with Crippen molar-refractivity contribution in [1.82, 2.24) is 0 Å². The van der Waals surface area contributed by atoms with Crippen LogP contribution in [0, 0.1) is 5.82 Å². The summed E-state index contributed by atoms with van der Waals surface area (Å²) in [5.74, 6) is 0.294. The maximum atomic E-state index is 12.8. The minimum Gasteiger partial charge on any atom is -0.494 e. The Balaban J connectivity index is 1.76. The third kappa shape index (κ3) is 5.98. The first-order chi connectivity index (χ1) is 11.2. The number of rotatable bonds is 8. The minimum absolute atomic E-state index is 0.132. The highest BCUT2D eigenvalue weighted by Gasteiger charge is 2.03. The van der Waals surface area contributed by atoms with Crippen LogP contribution in [0.15, 0.2) is 48.5 Å². The lowest BCUT2D eigenvalue weighted by Crippen LogP contribution is -2.21. The molecular formula is C18H21FN2O2. The molecule has 5 heteroatoms. The van der Waals surface area contributed by atoms with E-state index in [9.17, 15) is 9.18 Å². The molecule has 0 unspecified atom stereocenters. The zero-order valence-electron chi connectivity index (χ0n) is 13.1. The van der Waals surface area contributed by atoms with E-state index in [0.717, 1.165) is 24.3 Å². The Kier molecular flexibility index (Phi) is 6.41. The summed E-state index contributed by atoms with van der Waals surface area (Å²) in [6.45, 7) is 2.96. The average Bonchev–Trinajstić information content (AvgIpc) is 2.56. The third-order valence-electron chi connectivity index (χ3n) is 3.20. The van der Waals surface area contributed by atoms with E-state index in [1.807, 2.05) is 24.3 Å². The summed E-state index contributed by atoms with van der Waals surface area (Å²) >= 11 is 0. The van der Waals surface area contributed by atoms with Crippen molar-refractivity contribution >= 4 is 17.3 Å². The maximum absolute atomic E-state index is 12.8. The molecule has 0 fully saturated rings. The molecule has 2 aromatic carbocycles. The van der Waals surface area contributed by atoms with Gasteiger partial charge in [0.2, 0.25) is 5.91 Å². The monoisotopic (exact) mass is 316 g/mol.